The Morgan fingerprint density at radius 2 is 1.48 bits per heavy atom. The lowest BCUT2D eigenvalue weighted by Gasteiger charge is -2.21. The first-order chi connectivity index (χ1) is 14.9. The van der Waals surface area contributed by atoms with Crippen LogP contribution in [0.5, 0.6) is 0 Å². The van der Waals surface area contributed by atoms with Crippen molar-refractivity contribution in [2.75, 3.05) is 18.2 Å². The molecule has 0 bridgehead atoms. The molecule has 160 valence electrons. The summed E-state index contributed by atoms with van der Waals surface area (Å²) in [7, 11) is 0. The van der Waals surface area contributed by atoms with E-state index in [0.717, 1.165) is 21.2 Å². The molecule has 3 aromatic carbocycles. The molecule has 0 aliphatic heterocycles. The Morgan fingerprint density at radius 3 is 2.10 bits per heavy atom. The van der Waals surface area contributed by atoms with Crippen LogP contribution in [-0.2, 0) is 9.53 Å². The Kier molecular flexibility index (Phi) is 5.73. The van der Waals surface area contributed by atoms with Crippen LogP contribution in [0.2, 0.25) is 0 Å². The summed E-state index contributed by atoms with van der Waals surface area (Å²) in [5.41, 5.74) is -1.34. The minimum absolute atomic E-state index is 0.0452. The third kappa shape index (κ3) is 3.90. The third-order valence-electron chi connectivity index (χ3n) is 5.17. The average Bonchev–Trinajstić information content (AvgIpc) is 2.79. The molecule has 4 rings (SSSR count). The molecule has 0 aromatic heterocycles. The molecule has 0 fully saturated rings. The maximum absolute atomic E-state index is 13.9. The minimum Gasteiger partial charge on any atom is -0.360 e. The Morgan fingerprint density at radius 1 is 0.903 bits per heavy atom. The molecule has 31 heavy (non-hydrogen) atoms. The van der Waals surface area contributed by atoms with Gasteiger partial charge in [0.25, 0.3) is 0 Å². The Hall–Kier alpha value is -3.26. The molecule has 1 aliphatic carbocycles. The van der Waals surface area contributed by atoms with E-state index in [1.807, 2.05) is 42.5 Å². The Bertz CT molecular complexity index is 1260. The van der Waals surface area contributed by atoms with Gasteiger partial charge in [0.05, 0.1) is 6.61 Å². The molecule has 1 atom stereocenters. The van der Waals surface area contributed by atoms with E-state index in [4.69, 9.17) is 4.74 Å². The van der Waals surface area contributed by atoms with Crippen molar-refractivity contribution < 1.29 is 31.5 Å². The van der Waals surface area contributed by atoms with Crippen LogP contribution in [0.25, 0.3) is 22.9 Å². The number of carbonyl (C=O) groups is 1. The third-order valence-corrected chi connectivity index (χ3v) is 5.17. The van der Waals surface area contributed by atoms with Gasteiger partial charge in [-0.2, -0.15) is 0 Å². The average molecular weight is 433 g/mol. The summed E-state index contributed by atoms with van der Waals surface area (Å²) in [6.45, 7) is -0.584. The molecule has 0 saturated heterocycles. The number of halogens is 5. The summed E-state index contributed by atoms with van der Waals surface area (Å²) < 4.78 is 73.3. The monoisotopic (exact) mass is 433 g/mol. The molecule has 0 heterocycles. The zero-order valence-electron chi connectivity index (χ0n) is 16.0. The number of hydrogen-bond donors (Lipinski definition) is 0. The van der Waals surface area contributed by atoms with Gasteiger partial charge in [0.2, 0.25) is 12.2 Å². The number of benzene rings is 3. The van der Waals surface area contributed by atoms with Crippen molar-refractivity contribution in [2.24, 2.45) is 5.92 Å². The predicted molar refractivity (Wildman–Crippen MR) is 106 cm³/mol. The number of fused-ring (bicyclic) bond motifs is 2. The quantitative estimate of drug-likeness (QED) is 0.195. The van der Waals surface area contributed by atoms with Gasteiger partial charge in [-0.3, -0.25) is 9.69 Å². The van der Waals surface area contributed by atoms with Crippen molar-refractivity contribution in [3.8, 4) is 0 Å². The first-order valence-corrected chi connectivity index (χ1v) is 9.42. The number of carbonyl (C=O) groups excluding carboxylic acids is 1. The van der Waals surface area contributed by atoms with E-state index in [2.05, 4.69) is 6.07 Å². The molecule has 1 unspecified atom stereocenters. The predicted octanol–water partition coefficient (Wildman–Crippen LogP) is 3.75. The van der Waals surface area contributed by atoms with Gasteiger partial charge in [-0.05, 0) is 39.8 Å². The van der Waals surface area contributed by atoms with E-state index in [0.29, 0.717) is 11.3 Å². The van der Waals surface area contributed by atoms with E-state index < -0.39 is 41.5 Å². The standard InChI is InChI=1S/C23H16F5NO2/c24-18-19(25)21(27)23(22(28)20(18)26)29(11-30)12-31-10-13-5-6-16-8-14-3-1-2-4-15(14)9-17(16)7-13/h1-4,6-9,11,13H,5,10,12H2. The van der Waals surface area contributed by atoms with Crippen molar-refractivity contribution >= 4 is 35.0 Å². The van der Waals surface area contributed by atoms with Crippen molar-refractivity contribution in [3.05, 3.63) is 75.9 Å². The smallest absolute Gasteiger partial charge is 0.216 e. The Balaban J connectivity index is 1.50. The van der Waals surface area contributed by atoms with Crippen LogP contribution in [0, 0.1) is 35.0 Å². The highest BCUT2D eigenvalue weighted by atomic mass is 19.2. The van der Waals surface area contributed by atoms with Crippen molar-refractivity contribution in [3.63, 3.8) is 0 Å². The summed E-state index contributed by atoms with van der Waals surface area (Å²) in [4.78, 5) is 11.6. The van der Waals surface area contributed by atoms with Crippen LogP contribution in [0.4, 0.5) is 27.6 Å². The van der Waals surface area contributed by atoms with Gasteiger partial charge >= 0.3 is 0 Å². The molecule has 1 aliphatic rings. The largest absolute Gasteiger partial charge is 0.360 e. The van der Waals surface area contributed by atoms with Gasteiger partial charge < -0.3 is 4.74 Å². The van der Waals surface area contributed by atoms with Gasteiger partial charge in [0.1, 0.15) is 12.4 Å². The summed E-state index contributed by atoms with van der Waals surface area (Å²) in [6.07, 6.45) is 4.62. The van der Waals surface area contributed by atoms with E-state index >= 15 is 0 Å². The Labute approximate surface area is 173 Å². The summed E-state index contributed by atoms with van der Waals surface area (Å²) >= 11 is 0. The lowest BCUT2D eigenvalue weighted by atomic mass is 9.96. The highest BCUT2D eigenvalue weighted by molar-refractivity contribution is 5.83. The summed E-state index contributed by atoms with van der Waals surface area (Å²) in [5.74, 6) is -10.8. The molecule has 3 nitrogen and oxygen atoms in total. The molecular formula is C23H16F5NO2. The fraction of sp³-hybridized carbons (Fsp3) is 0.174. The van der Waals surface area contributed by atoms with Crippen molar-refractivity contribution in [1.29, 1.82) is 0 Å². The fourth-order valence-corrected chi connectivity index (χ4v) is 3.61. The highest BCUT2D eigenvalue weighted by Gasteiger charge is 2.29. The molecule has 1 amide bonds. The number of rotatable bonds is 6. The molecule has 0 saturated carbocycles. The number of anilines is 1. The van der Waals surface area contributed by atoms with E-state index in [1.54, 1.807) is 0 Å². The van der Waals surface area contributed by atoms with Gasteiger partial charge in [-0.25, -0.2) is 22.0 Å². The molecule has 0 radical (unpaired) electrons. The zero-order valence-corrected chi connectivity index (χ0v) is 16.0. The van der Waals surface area contributed by atoms with Crippen LogP contribution in [0.3, 0.4) is 0 Å². The van der Waals surface area contributed by atoms with Crippen LogP contribution < -0.4 is 15.3 Å². The fourth-order valence-electron chi connectivity index (χ4n) is 3.61. The van der Waals surface area contributed by atoms with E-state index in [1.165, 1.54) is 0 Å². The maximum Gasteiger partial charge on any atom is 0.216 e. The second-order valence-electron chi connectivity index (χ2n) is 7.19. The first-order valence-electron chi connectivity index (χ1n) is 9.42. The molecule has 8 heteroatoms. The zero-order chi connectivity index (χ0) is 22.1. The van der Waals surface area contributed by atoms with Crippen molar-refractivity contribution in [1.82, 2.24) is 0 Å². The maximum atomic E-state index is 13.9. The minimum atomic E-state index is -2.29. The second kappa shape index (κ2) is 8.47. The van der Waals surface area contributed by atoms with Crippen LogP contribution in [0.15, 0.2) is 36.4 Å². The van der Waals surface area contributed by atoms with Gasteiger partial charge in [-0.1, -0.05) is 36.4 Å². The lowest BCUT2D eigenvalue weighted by Crippen LogP contribution is -2.32. The second-order valence-corrected chi connectivity index (χ2v) is 7.19. The van der Waals surface area contributed by atoms with Crippen LogP contribution in [-0.4, -0.2) is 19.7 Å². The number of hydrogen-bond acceptors (Lipinski definition) is 2. The van der Waals surface area contributed by atoms with Crippen LogP contribution in [0.1, 0.15) is 6.42 Å². The molecule has 3 aromatic rings. The van der Waals surface area contributed by atoms with E-state index in [9.17, 15) is 26.7 Å². The number of ether oxygens (including phenoxy) is 1. The SMILES string of the molecule is O=CN(COCC1C=c2cc3ccccc3cc2=CC1)c1c(F)c(F)c(F)c(F)c1F. The number of amides is 1. The highest BCUT2D eigenvalue weighted by Crippen LogP contribution is 2.29. The lowest BCUT2D eigenvalue weighted by molar-refractivity contribution is -0.108. The van der Waals surface area contributed by atoms with Gasteiger partial charge in [0.15, 0.2) is 23.3 Å². The van der Waals surface area contributed by atoms with Gasteiger partial charge in [-0.15, -0.1) is 0 Å². The first kappa shape index (κ1) is 21.0. The molecule has 0 spiro atoms. The van der Waals surface area contributed by atoms with Gasteiger partial charge in [0, 0.05) is 5.92 Å². The molecular weight excluding hydrogens is 417 g/mol. The normalized spacial score (nSPS) is 15.2. The van der Waals surface area contributed by atoms with E-state index in [-0.39, 0.29) is 18.9 Å². The topological polar surface area (TPSA) is 29.5 Å². The van der Waals surface area contributed by atoms with Crippen molar-refractivity contribution in [2.45, 2.75) is 6.42 Å². The summed E-state index contributed by atoms with van der Waals surface area (Å²) in [5, 5.41) is 4.27. The van der Waals surface area contributed by atoms with Crippen LogP contribution >= 0.6 is 0 Å². The molecule has 0 N–H and O–H groups in total. The number of nitrogens with zero attached hydrogens (tertiary/aromatic N) is 1. The summed E-state index contributed by atoms with van der Waals surface area (Å²) in [6, 6.07) is 12.0.